The van der Waals surface area contributed by atoms with E-state index in [4.69, 9.17) is 9.47 Å². The number of rotatable bonds is 5. The zero-order valence-electron chi connectivity index (χ0n) is 12.3. The first kappa shape index (κ1) is 15.5. The van der Waals surface area contributed by atoms with Crippen molar-refractivity contribution in [1.29, 1.82) is 0 Å². The molecule has 2 rings (SSSR count). The molecule has 0 spiro atoms. The summed E-state index contributed by atoms with van der Waals surface area (Å²) in [6.45, 7) is 1.85. The van der Waals surface area contributed by atoms with E-state index in [0.717, 1.165) is 11.4 Å². The lowest BCUT2D eigenvalue weighted by Gasteiger charge is -2.60. The van der Waals surface area contributed by atoms with E-state index in [1.807, 2.05) is 43.7 Å². The highest BCUT2D eigenvalue weighted by Crippen LogP contribution is 2.57. The summed E-state index contributed by atoms with van der Waals surface area (Å²) in [6, 6.07) is 7.51. The third-order valence-electron chi connectivity index (χ3n) is 3.80. The van der Waals surface area contributed by atoms with Crippen LogP contribution in [-0.4, -0.2) is 42.4 Å². The van der Waals surface area contributed by atoms with Gasteiger partial charge >= 0.3 is 0 Å². The number of benzene rings is 1. The van der Waals surface area contributed by atoms with Crippen molar-refractivity contribution >= 4 is 35.1 Å². The molecule has 0 aromatic heterocycles. The van der Waals surface area contributed by atoms with E-state index in [1.165, 1.54) is 0 Å². The number of hydrogen-bond acceptors (Lipinski definition) is 5. The van der Waals surface area contributed by atoms with E-state index < -0.39 is 9.80 Å². The van der Waals surface area contributed by atoms with Crippen LogP contribution in [-0.2, 0) is 9.53 Å². The maximum atomic E-state index is 12.5. The Labute approximate surface area is 128 Å². The number of hydrogen-bond donors (Lipinski definition) is 0. The minimum atomic E-state index is -0.814. The number of nitrogens with zero attached hydrogens (tertiary/aromatic N) is 1. The molecule has 6 heteroatoms. The van der Waals surface area contributed by atoms with Crippen molar-refractivity contribution in [3.63, 3.8) is 0 Å². The Bertz CT molecular complexity index is 502. The molecule has 0 saturated carbocycles. The van der Waals surface area contributed by atoms with Gasteiger partial charge in [0.05, 0.1) is 7.11 Å². The third kappa shape index (κ3) is 1.85. The van der Waals surface area contributed by atoms with Gasteiger partial charge in [-0.25, -0.2) is 0 Å². The Morgan fingerprint density at radius 2 is 1.65 bits per heavy atom. The number of anilines is 1. The van der Waals surface area contributed by atoms with Crippen LogP contribution >= 0.6 is 23.5 Å². The van der Waals surface area contributed by atoms with Crippen LogP contribution in [0.1, 0.15) is 6.92 Å². The van der Waals surface area contributed by atoms with Crippen molar-refractivity contribution in [2.45, 2.75) is 16.7 Å². The van der Waals surface area contributed by atoms with Crippen LogP contribution in [0.4, 0.5) is 5.69 Å². The van der Waals surface area contributed by atoms with Gasteiger partial charge in [0.15, 0.2) is 9.80 Å². The second-order valence-electron chi connectivity index (χ2n) is 4.57. The normalized spacial score (nSPS) is 24.4. The van der Waals surface area contributed by atoms with Gasteiger partial charge in [0.25, 0.3) is 5.91 Å². The van der Waals surface area contributed by atoms with E-state index in [1.54, 1.807) is 42.6 Å². The number of methoxy groups -OCH3 is 2. The summed E-state index contributed by atoms with van der Waals surface area (Å²) in [7, 11) is 3.21. The van der Waals surface area contributed by atoms with E-state index in [0.29, 0.717) is 0 Å². The van der Waals surface area contributed by atoms with E-state index in [2.05, 4.69) is 0 Å². The Morgan fingerprint density at radius 3 is 2.05 bits per heavy atom. The van der Waals surface area contributed by atoms with Gasteiger partial charge in [0.2, 0.25) is 0 Å². The van der Waals surface area contributed by atoms with Gasteiger partial charge in [-0.05, 0) is 43.7 Å². The lowest BCUT2D eigenvalue weighted by atomic mass is 9.92. The summed E-state index contributed by atoms with van der Waals surface area (Å²) < 4.78 is 10.2. The largest absolute Gasteiger partial charge is 0.497 e. The van der Waals surface area contributed by atoms with Crippen molar-refractivity contribution in [1.82, 2.24) is 0 Å². The van der Waals surface area contributed by atoms with Crippen LogP contribution < -0.4 is 9.64 Å². The number of carbonyl (C=O) groups is 1. The van der Waals surface area contributed by atoms with Gasteiger partial charge in [-0.1, -0.05) is 0 Å². The monoisotopic (exact) mass is 313 g/mol. The molecular formula is C14H19NO3S2. The second kappa shape index (κ2) is 5.50. The SMILES string of the molecule is COc1ccc(N2C(=O)C(C)(OC)C2(SC)SC)cc1. The number of thioether (sulfide) groups is 2. The summed E-state index contributed by atoms with van der Waals surface area (Å²) >= 11 is 3.24. The minimum Gasteiger partial charge on any atom is -0.497 e. The number of amides is 1. The van der Waals surface area contributed by atoms with Gasteiger partial charge in [0.1, 0.15) is 5.75 Å². The van der Waals surface area contributed by atoms with Gasteiger partial charge in [0, 0.05) is 12.8 Å². The summed E-state index contributed by atoms with van der Waals surface area (Å²) in [5, 5.41) is 0. The topological polar surface area (TPSA) is 38.8 Å². The van der Waals surface area contributed by atoms with Gasteiger partial charge in [-0.3, -0.25) is 9.69 Å². The third-order valence-corrected chi connectivity index (χ3v) is 7.05. The highest BCUT2D eigenvalue weighted by molar-refractivity contribution is 8.18. The van der Waals surface area contributed by atoms with E-state index in [9.17, 15) is 4.79 Å². The molecule has 1 fully saturated rings. The Morgan fingerprint density at radius 1 is 1.10 bits per heavy atom. The molecule has 0 aliphatic carbocycles. The van der Waals surface area contributed by atoms with Crippen LogP contribution in [0.25, 0.3) is 0 Å². The highest BCUT2D eigenvalue weighted by Gasteiger charge is 2.70. The number of ether oxygens (including phenoxy) is 2. The van der Waals surface area contributed by atoms with Crippen molar-refractivity contribution in [2.24, 2.45) is 0 Å². The Hall–Kier alpha value is -0.850. The first-order chi connectivity index (χ1) is 9.50. The van der Waals surface area contributed by atoms with Crippen molar-refractivity contribution in [3.8, 4) is 5.75 Å². The van der Waals surface area contributed by atoms with E-state index >= 15 is 0 Å². The lowest BCUT2D eigenvalue weighted by molar-refractivity contribution is -0.152. The summed E-state index contributed by atoms with van der Waals surface area (Å²) in [6.07, 6.45) is 3.99. The van der Waals surface area contributed by atoms with Crippen LogP contribution in [0.15, 0.2) is 24.3 Å². The Balaban J connectivity index is 2.42. The molecule has 1 aromatic carbocycles. The zero-order valence-corrected chi connectivity index (χ0v) is 13.9. The highest BCUT2D eigenvalue weighted by atomic mass is 32.2. The summed E-state index contributed by atoms with van der Waals surface area (Å²) in [4.78, 5) is 14.3. The summed E-state index contributed by atoms with van der Waals surface area (Å²) in [5.74, 6) is 0.754. The molecule has 0 N–H and O–H groups in total. The first-order valence-corrected chi connectivity index (χ1v) is 8.60. The Kier molecular flexibility index (Phi) is 4.27. The molecule has 1 aromatic rings. The predicted molar refractivity (Wildman–Crippen MR) is 85.7 cm³/mol. The van der Waals surface area contributed by atoms with Crippen LogP contribution in [0.2, 0.25) is 0 Å². The van der Waals surface area contributed by atoms with Crippen molar-refractivity contribution < 1.29 is 14.3 Å². The van der Waals surface area contributed by atoms with E-state index in [-0.39, 0.29) is 5.91 Å². The molecule has 1 unspecified atom stereocenters. The minimum absolute atomic E-state index is 0.0196. The maximum Gasteiger partial charge on any atom is 0.265 e. The molecule has 1 saturated heterocycles. The fourth-order valence-electron chi connectivity index (χ4n) is 2.53. The van der Waals surface area contributed by atoms with Gasteiger partial charge < -0.3 is 9.47 Å². The van der Waals surface area contributed by atoms with Crippen molar-refractivity contribution in [2.75, 3.05) is 31.6 Å². The molecule has 1 amide bonds. The van der Waals surface area contributed by atoms with Crippen molar-refractivity contribution in [3.05, 3.63) is 24.3 Å². The molecule has 20 heavy (non-hydrogen) atoms. The van der Waals surface area contributed by atoms with Crippen LogP contribution in [0.5, 0.6) is 5.75 Å². The molecule has 4 nitrogen and oxygen atoms in total. The molecule has 0 radical (unpaired) electrons. The molecule has 0 bridgehead atoms. The predicted octanol–water partition coefficient (Wildman–Crippen LogP) is 2.83. The molecule has 1 aliphatic rings. The standard InChI is InChI=1S/C14H19NO3S2/c1-13(18-3)12(16)15(14(13,19-4)20-5)10-6-8-11(17-2)9-7-10/h6-9H,1-5H3. The maximum absolute atomic E-state index is 12.5. The van der Waals surface area contributed by atoms with Gasteiger partial charge in [-0.15, -0.1) is 23.5 Å². The van der Waals surface area contributed by atoms with Crippen LogP contribution in [0, 0.1) is 0 Å². The van der Waals surface area contributed by atoms with Gasteiger partial charge in [-0.2, -0.15) is 0 Å². The average molecular weight is 313 g/mol. The summed E-state index contributed by atoms with van der Waals surface area (Å²) in [5.41, 5.74) is 0.0418. The van der Waals surface area contributed by atoms with Crippen LogP contribution in [0.3, 0.4) is 0 Å². The number of β-lactam (4-membered cyclic amide) rings is 1. The molecule has 1 heterocycles. The fraction of sp³-hybridized carbons (Fsp3) is 0.500. The lowest BCUT2D eigenvalue weighted by Crippen LogP contribution is -2.79. The second-order valence-corrected chi connectivity index (χ2v) is 6.82. The zero-order chi connectivity index (χ0) is 15.0. The molecule has 1 atom stereocenters. The molecule has 110 valence electrons. The fourth-order valence-corrected chi connectivity index (χ4v) is 5.06. The number of carbonyl (C=O) groups excluding carboxylic acids is 1. The molecule has 1 aliphatic heterocycles. The molecular weight excluding hydrogens is 294 g/mol. The first-order valence-electron chi connectivity index (χ1n) is 6.15. The average Bonchev–Trinajstić information content (AvgIpc) is 2.51. The quantitative estimate of drug-likeness (QED) is 0.617. The smallest absolute Gasteiger partial charge is 0.265 e.